The third-order valence-corrected chi connectivity index (χ3v) is 5.98. The van der Waals surface area contributed by atoms with Crippen LogP contribution in [0.25, 0.3) is 0 Å². The standard InChI is InChI=1S/C20H26N4O/c1-13-4-5-16(10-14(13)2)17-11-18(17)20(25)24-8-6-15(7-9-24)19-22-21-12-23(19)3/h4-5,10,12,15,17-18H,6-9,11H2,1-3H3. The molecule has 1 aromatic carbocycles. The zero-order chi connectivity index (χ0) is 17.6. The highest BCUT2D eigenvalue weighted by Gasteiger charge is 2.46. The van der Waals surface area contributed by atoms with Gasteiger partial charge < -0.3 is 9.47 Å². The lowest BCUT2D eigenvalue weighted by Gasteiger charge is -2.31. The van der Waals surface area contributed by atoms with Crippen LogP contribution in [0.15, 0.2) is 24.5 Å². The maximum Gasteiger partial charge on any atom is 0.226 e. The zero-order valence-corrected chi connectivity index (χ0v) is 15.3. The molecule has 5 heteroatoms. The molecular weight excluding hydrogens is 312 g/mol. The number of piperidine rings is 1. The Kier molecular flexibility index (Phi) is 4.10. The van der Waals surface area contributed by atoms with Gasteiger partial charge in [-0.25, -0.2) is 0 Å². The second-order valence-corrected chi connectivity index (χ2v) is 7.69. The molecule has 2 unspecified atom stereocenters. The highest BCUT2D eigenvalue weighted by Crippen LogP contribution is 2.49. The minimum absolute atomic E-state index is 0.188. The van der Waals surface area contributed by atoms with Gasteiger partial charge in [-0.1, -0.05) is 18.2 Å². The zero-order valence-electron chi connectivity index (χ0n) is 15.3. The van der Waals surface area contributed by atoms with E-state index in [9.17, 15) is 4.79 Å². The Morgan fingerprint density at radius 1 is 1.16 bits per heavy atom. The number of hydrogen-bond donors (Lipinski definition) is 0. The van der Waals surface area contributed by atoms with E-state index in [1.165, 1.54) is 16.7 Å². The van der Waals surface area contributed by atoms with E-state index < -0.39 is 0 Å². The number of nitrogens with zero attached hydrogens (tertiary/aromatic N) is 4. The third-order valence-electron chi connectivity index (χ3n) is 5.98. The van der Waals surface area contributed by atoms with Crippen LogP contribution >= 0.6 is 0 Å². The highest BCUT2D eigenvalue weighted by atomic mass is 16.2. The SMILES string of the molecule is Cc1ccc(C2CC2C(=O)N2CCC(c3nncn3C)CC2)cc1C. The van der Waals surface area contributed by atoms with E-state index >= 15 is 0 Å². The summed E-state index contributed by atoms with van der Waals surface area (Å²) in [7, 11) is 1.99. The van der Waals surface area contributed by atoms with Crippen molar-refractivity contribution < 1.29 is 4.79 Å². The maximum atomic E-state index is 12.8. The van der Waals surface area contributed by atoms with Crippen LogP contribution in [-0.2, 0) is 11.8 Å². The molecule has 0 bridgehead atoms. The van der Waals surface area contributed by atoms with Crippen molar-refractivity contribution in [2.75, 3.05) is 13.1 Å². The Balaban J connectivity index is 1.35. The molecule has 2 aliphatic rings. The molecule has 1 saturated heterocycles. The molecule has 25 heavy (non-hydrogen) atoms. The fraction of sp³-hybridized carbons (Fsp3) is 0.550. The molecule has 2 atom stereocenters. The topological polar surface area (TPSA) is 51.0 Å². The van der Waals surface area contributed by atoms with Gasteiger partial charge in [-0.05, 0) is 55.7 Å². The van der Waals surface area contributed by atoms with Crippen LogP contribution in [0.2, 0.25) is 0 Å². The number of carbonyl (C=O) groups is 1. The van der Waals surface area contributed by atoms with E-state index in [-0.39, 0.29) is 5.92 Å². The van der Waals surface area contributed by atoms with Crippen LogP contribution in [-0.4, -0.2) is 38.7 Å². The molecule has 0 radical (unpaired) electrons. The molecule has 0 N–H and O–H groups in total. The van der Waals surface area contributed by atoms with Gasteiger partial charge in [0.05, 0.1) is 0 Å². The first-order valence-corrected chi connectivity index (χ1v) is 9.24. The van der Waals surface area contributed by atoms with Gasteiger partial charge in [-0.2, -0.15) is 0 Å². The van der Waals surface area contributed by atoms with Gasteiger partial charge in [0.2, 0.25) is 5.91 Å². The van der Waals surface area contributed by atoms with Crippen LogP contribution < -0.4 is 0 Å². The summed E-state index contributed by atoms with van der Waals surface area (Å²) < 4.78 is 2.00. The number of carbonyl (C=O) groups excluding carboxylic acids is 1. The summed E-state index contributed by atoms with van der Waals surface area (Å²) in [5.41, 5.74) is 3.97. The summed E-state index contributed by atoms with van der Waals surface area (Å²) in [6.07, 6.45) is 4.73. The molecule has 0 spiro atoms. The first kappa shape index (κ1) is 16.3. The lowest BCUT2D eigenvalue weighted by atomic mass is 9.95. The van der Waals surface area contributed by atoms with Gasteiger partial charge >= 0.3 is 0 Å². The highest BCUT2D eigenvalue weighted by molar-refractivity contribution is 5.83. The summed E-state index contributed by atoms with van der Waals surface area (Å²) in [4.78, 5) is 14.9. The molecule has 1 aliphatic heterocycles. The van der Waals surface area contributed by atoms with Crippen molar-refractivity contribution in [3.05, 3.63) is 47.0 Å². The number of benzene rings is 1. The fourth-order valence-electron chi connectivity index (χ4n) is 4.09. The summed E-state index contributed by atoms with van der Waals surface area (Å²) in [5.74, 6) is 2.43. The lowest BCUT2D eigenvalue weighted by Crippen LogP contribution is -2.39. The van der Waals surface area contributed by atoms with E-state index in [0.717, 1.165) is 38.2 Å². The van der Waals surface area contributed by atoms with Crippen LogP contribution in [0.3, 0.4) is 0 Å². The fourth-order valence-corrected chi connectivity index (χ4v) is 4.09. The Morgan fingerprint density at radius 3 is 2.56 bits per heavy atom. The van der Waals surface area contributed by atoms with Crippen molar-refractivity contribution in [1.29, 1.82) is 0 Å². The smallest absolute Gasteiger partial charge is 0.226 e. The monoisotopic (exact) mass is 338 g/mol. The molecule has 4 rings (SSSR count). The molecule has 132 valence electrons. The van der Waals surface area contributed by atoms with Crippen LogP contribution in [0.5, 0.6) is 0 Å². The largest absolute Gasteiger partial charge is 0.342 e. The van der Waals surface area contributed by atoms with E-state index in [4.69, 9.17) is 0 Å². The molecule has 1 amide bonds. The second-order valence-electron chi connectivity index (χ2n) is 7.69. The van der Waals surface area contributed by atoms with Crippen LogP contribution in [0.1, 0.15) is 53.6 Å². The summed E-state index contributed by atoms with van der Waals surface area (Å²) in [6.45, 7) is 5.96. The molecule has 5 nitrogen and oxygen atoms in total. The Bertz CT molecular complexity index is 789. The van der Waals surface area contributed by atoms with Gasteiger partial charge in [0.25, 0.3) is 0 Å². The number of likely N-dealkylation sites (tertiary alicyclic amines) is 1. The number of rotatable bonds is 3. The molecular formula is C20H26N4O. The predicted molar refractivity (Wildman–Crippen MR) is 96.3 cm³/mol. The van der Waals surface area contributed by atoms with E-state index in [1.807, 2.05) is 11.6 Å². The molecule has 2 fully saturated rings. The van der Waals surface area contributed by atoms with Crippen molar-refractivity contribution in [1.82, 2.24) is 19.7 Å². The Morgan fingerprint density at radius 2 is 1.92 bits per heavy atom. The first-order valence-electron chi connectivity index (χ1n) is 9.24. The average molecular weight is 338 g/mol. The minimum atomic E-state index is 0.188. The summed E-state index contributed by atoms with van der Waals surface area (Å²) in [5, 5.41) is 8.21. The summed E-state index contributed by atoms with van der Waals surface area (Å²) in [6, 6.07) is 6.63. The van der Waals surface area contributed by atoms with Crippen LogP contribution in [0, 0.1) is 19.8 Å². The second kappa shape index (κ2) is 6.28. The predicted octanol–water partition coefficient (Wildman–Crippen LogP) is 2.94. The van der Waals surface area contributed by atoms with Gasteiger partial charge in [-0.3, -0.25) is 4.79 Å². The number of aromatic nitrogens is 3. The van der Waals surface area contributed by atoms with Gasteiger partial charge in [0, 0.05) is 32.0 Å². The van der Waals surface area contributed by atoms with E-state index in [2.05, 4.69) is 47.1 Å². The summed E-state index contributed by atoms with van der Waals surface area (Å²) >= 11 is 0. The minimum Gasteiger partial charge on any atom is -0.342 e. The van der Waals surface area contributed by atoms with Crippen molar-refractivity contribution >= 4 is 5.91 Å². The van der Waals surface area contributed by atoms with E-state index in [1.54, 1.807) is 6.33 Å². The van der Waals surface area contributed by atoms with Crippen molar-refractivity contribution in [3.8, 4) is 0 Å². The molecule has 2 aromatic rings. The Hall–Kier alpha value is -2.17. The molecule has 1 saturated carbocycles. The normalized spacial score (nSPS) is 23.7. The van der Waals surface area contributed by atoms with Gasteiger partial charge in [0.1, 0.15) is 12.2 Å². The maximum absolute atomic E-state index is 12.8. The van der Waals surface area contributed by atoms with Crippen molar-refractivity contribution in [2.45, 2.75) is 44.9 Å². The molecule has 1 aliphatic carbocycles. The first-order chi connectivity index (χ1) is 12.0. The van der Waals surface area contributed by atoms with Crippen molar-refractivity contribution in [2.24, 2.45) is 13.0 Å². The van der Waals surface area contributed by atoms with Crippen LogP contribution in [0.4, 0.5) is 0 Å². The quantitative estimate of drug-likeness (QED) is 0.864. The Labute approximate surface area is 149 Å². The molecule has 2 heterocycles. The van der Waals surface area contributed by atoms with E-state index in [0.29, 0.717) is 17.7 Å². The average Bonchev–Trinajstić information content (AvgIpc) is 3.31. The van der Waals surface area contributed by atoms with Gasteiger partial charge in [-0.15, -0.1) is 10.2 Å². The number of amides is 1. The number of aryl methyl sites for hydroxylation is 3. The van der Waals surface area contributed by atoms with Gasteiger partial charge in [0.15, 0.2) is 0 Å². The van der Waals surface area contributed by atoms with Crippen molar-refractivity contribution in [3.63, 3.8) is 0 Å². The molecule has 1 aromatic heterocycles. The third kappa shape index (κ3) is 3.08. The number of hydrogen-bond acceptors (Lipinski definition) is 3. The lowest BCUT2D eigenvalue weighted by molar-refractivity contribution is -0.133.